The highest BCUT2D eigenvalue weighted by Gasteiger charge is 2.39. The van der Waals surface area contributed by atoms with Crippen LogP contribution in [0.2, 0.25) is 0 Å². The molecule has 3 N–H and O–H groups in total. The van der Waals surface area contributed by atoms with E-state index in [2.05, 4.69) is 0 Å². The van der Waals surface area contributed by atoms with Gasteiger partial charge in [0.25, 0.3) is 5.91 Å². The zero-order chi connectivity index (χ0) is 18.9. The summed E-state index contributed by atoms with van der Waals surface area (Å²) < 4.78 is 52.6. The van der Waals surface area contributed by atoms with Gasteiger partial charge in [0.05, 0.1) is 4.11 Å². The van der Waals surface area contributed by atoms with Crippen LogP contribution in [0, 0.1) is 5.82 Å². The van der Waals surface area contributed by atoms with Gasteiger partial charge in [0.1, 0.15) is 11.8 Å². The van der Waals surface area contributed by atoms with Crippen LogP contribution in [0.5, 0.6) is 0 Å². The van der Waals surface area contributed by atoms with Crippen molar-refractivity contribution in [3.05, 3.63) is 29.0 Å². The molecule has 0 spiro atoms. The number of nitrogens with one attached hydrogen (secondary N) is 1. The number of nitrogen functional groups attached to an aromatic ring is 1. The Labute approximate surface area is 120 Å². The Kier molecular flexibility index (Phi) is 1.71. The normalized spacial score (nSPS) is 31.8. The Hall–Kier alpha value is -2.44. The lowest BCUT2D eigenvalue weighted by Crippen LogP contribution is -2.52. The van der Waals surface area contributed by atoms with Crippen molar-refractivity contribution >= 4 is 23.4 Å². The first kappa shape index (κ1) is 7.98. The van der Waals surface area contributed by atoms with Crippen LogP contribution in [0.4, 0.5) is 10.1 Å². The number of benzene rings is 1. The quantitative estimate of drug-likeness (QED) is 0.567. The number of halogens is 1. The van der Waals surface area contributed by atoms with Crippen molar-refractivity contribution in [2.24, 2.45) is 0 Å². The minimum absolute atomic E-state index is 0.0710. The average molecular weight is 282 g/mol. The number of hydrogen-bond donors (Lipinski definition) is 2. The van der Waals surface area contributed by atoms with Gasteiger partial charge >= 0.3 is 0 Å². The third-order valence-electron chi connectivity index (χ3n) is 3.11. The summed E-state index contributed by atoms with van der Waals surface area (Å²) in [5, 5.41) is 1.71. The van der Waals surface area contributed by atoms with Gasteiger partial charge in [-0.25, -0.2) is 4.39 Å². The van der Waals surface area contributed by atoms with E-state index >= 15 is 0 Å². The number of carbonyl (C=O) groups excluding carboxylic acids is 3. The van der Waals surface area contributed by atoms with E-state index in [-0.39, 0.29) is 5.56 Å². The predicted molar refractivity (Wildman–Crippen MR) is 66.9 cm³/mol. The van der Waals surface area contributed by atoms with E-state index in [0.717, 1.165) is 0 Å². The molecule has 2 heterocycles. The van der Waals surface area contributed by atoms with Crippen LogP contribution < -0.4 is 11.1 Å². The van der Waals surface area contributed by atoms with Gasteiger partial charge in [0.2, 0.25) is 11.8 Å². The molecule has 1 saturated heterocycles. The molecule has 2 aliphatic rings. The molecule has 0 aromatic heterocycles. The zero-order valence-corrected chi connectivity index (χ0v) is 10.0. The van der Waals surface area contributed by atoms with Crippen molar-refractivity contribution < 1.29 is 25.6 Å². The lowest BCUT2D eigenvalue weighted by atomic mass is 10.0. The molecule has 1 unspecified atom stereocenters. The molecular formula is C13H12FN3O3. The first-order valence-electron chi connectivity index (χ1n) is 8.16. The highest BCUT2D eigenvalue weighted by atomic mass is 19.1. The maximum Gasteiger partial charge on any atom is 0.255 e. The monoisotopic (exact) mass is 282 g/mol. The molecular weight excluding hydrogens is 265 g/mol. The maximum atomic E-state index is 13.9. The molecule has 1 fully saturated rings. The van der Waals surface area contributed by atoms with Crippen LogP contribution in [0.1, 0.15) is 35.6 Å². The van der Waals surface area contributed by atoms with Crippen LogP contribution in [-0.2, 0) is 16.1 Å². The zero-order valence-electron chi connectivity index (χ0n) is 15.0. The number of carbonyl (C=O) groups is 3. The van der Waals surface area contributed by atoms with E-state index in [1.165, 1.54) is 0 Å². The lowest BCUT2D eigenvalue weighted by molar-refractivity contribution is -0.136. The largest absolute Gasteiger partial charge is 0.398 e. The van der Waals surface area contributed by atoms with E-state index in [9.17, 15) is 18.8 Å². The lowest BCUT2D eigenvalue weighted by Gasteiger charge is -2.29. The standard InChI is InChI=1S/C13H12FN3O3/c14-6-3-7-8(9(15)4-6)5-17(13(7)20)10-1-2-11(18)16-12(10)19/h3-4,10H,1-2,5,15H2,(H,16,18,19)/i2D2,3D,4D,10D. The molecule has 6 nitrogen and oxygen atoms in total. The second-order valence-corrected chi connectivity index (χ2v) is 4.31. The fourth-order valence-corrected chi connectivity index (χ4v) is 2.16. The second-order valence-electron chi connectivity index (χ2n) is 4.31. The molecule has 0 radical (unpaired) electrons. The van der Waals surface area contributed by atoms with Gasteiger partial charge < -0.3 is 10.6 Å². The molecule has 0 bridgehead atoms. The van der Waals surface area contributed by atoms with Crippen molar-refractivity contribution in [2.45, 2.75) is 25.4 Å². The van der Waals surface area contributed by atoms with Crippen molar-refractivity contribution in [3.63, 3.8) is 0 Å². The third-order valence-corrected chi connectivity index (χ3v) is 3.11. The van der Waals surface area contributed by atoms with Crippen LogP contribution in [0.25, 0.3) is 0 Å². The SMILES string of the molecule is [2H]c1c(N)c2c(c([2H])c1F)C(=O)N(C1([2H])CC([2H])([2H])C(=O)NC1=O)C2. The van der Waals surface area contributed by atoms with E-state index in [1.807, 2.05) is 0 Å². The summed E-state index contributed by atoms with van der Waals surface area (Å²) in [5.41, 5.74) is 4.70. The van der Waals surface area contributed by atoms with Crippen molar-refractivity contribution in [3.8, 4) is 0 Å². The van der Waals surface area contributed by atoms with Crippen LogP contribution in [0.3, 0.4) is 0 Å². The number of fused-ring (bicyclic) bond motifs is 1. The number of nitrogens with two attached hydrogens (primary N) is 1. The highest BCUT2D eigenvalue weighted by molar-refractivity contribution is 6.06. The molecule has 0 aliphatic carbocycles. The molecule has 1 aromatic carbocycles. The van der Waals surface area contributed by atoms with Crippen LogP contribution >= 0.6 is 0 Å². The highest BCUT2D eigenvalue weighted by Crippen LogP contribution is 2.31. The summed E-state index contributed by atoms with van der Waals surface area (Å²) >= 11 is 0. The van der Waals surface area contributed by atoms with E-state index in [4.69, 9.17) is 12.6 Å². The summed E-state index contributed by atoms with van der Waals surface area (Å²) in [7, 11) is 0. The van der Waals surface area contributed by atoms with Gasteiger partial charge in [-0.3, -0.25) is 19.7 Å². The first-order chi connectivity index (χ1) is 11.4. The Morgan fingerprint density at radius 2 is 2.25 bits per heavy atom. The van der Waals surface area contributed by atoms with E-state index in [0.29, 0.717) is 4.90 Å². The minimum Gasteiger partial charge on any atom is -0.398 e. The molecule has 2 aliphatic heterocycles. The topological polar surface area (TPSA) is 92.5 Å². The maximum absolute atomic E-state index is 13.9. The van der Waals surface area contributed by atoms with E-state index < -0.39 is 72.2 Å². The number of piperidine rings is 1. The Bertz CT molecular complexity index is 862. The summed E-state index contributed by atoms with van der Waals surface area (Å²) in [6.45, 7) is -0.473. The fraction of sp³-hybridized carbons (Fsp3) is 0.308. The summed E-state index contributed by atoms with van der Waals surface area (Å²) in [4.78, 5) is 36.9. The predicted octanol–water partition coefficient (Wildman–Crippen LogP) is 0.169. The van der Waals surface area contributed by atoms with Gasteiger partial charge in [0, 0.05) is 32.5 Å². The molecule has 3 amide bonds. The van der Waals surface area contributed by atoms with Gasteiger partial charge in [0.15, 0.2) is 0 Å². The molecule has 1 atom stereocenters. The number of hydrogen-bond acceptors (Lipinski definition) is 4. The van der Waals surface area contributed by atoms with Crippen LogP contribution in [-0.4, -0.2) is 28.6 Å². The fourth-order valence-electron chi connectivity index (χ4n) is 2.16. The summed E-state index contributed by atoms with van der Waals surface area (Å²) in [6, 6.07) is -4.12. The third kappa shape index (κ3) is 1.82. The smallest absolute Gasteiger partial charge is 0.255 e. The Morgan fingerprint density at radius 3 is 3.00 bits per heavy atom. The molecule has 0 saturated carbocycles. The number of anilines is 1. The number of nitrogens with zero attached hydrogens (tertiary/aromatic N) is 1. The molecule has 20 heavy (non-hydrogen) atoms. The van der Waals surface area contributed by atoms with Gasteiger partial charge in [-0.05, 0) is 18.5 Å². The second kappa shape index (κ2) is 4.29. The van der Waals surface area contributed by atoms with Gasteiger partial charge in [-0.2, -0.15) is 0 Å². The van der Waals surface area contributed by atoms with E-state index in [1.54, 1.807) is 5.32 Å². The minimum atomic E-state index is -2.58. The van der Waals surface area contributed by atoms with Crippen LogP contribution in [0.15, 0.2) is 12.1 Å². The number of imide groups is 1. The first-order valence-corrected chi connectivity index (χ1v) is 5.66. The van der Waals surface area contributed by atoms with Crippen molar-refractivity contribution in [1.29, 1.82) is 0 Å². The Balaban J connectivity index is 2.11. The van der Waals surface area contributed by atoms with Crippen molar-refractivity contribution in [1.82, 2.24) is 10.2 Å². The molecule has 7 heteroatoms. The molecule has 104 valence electrons. The molecule has 3 rings (SSSR count). The summed E-state index contributed by atoms with van der Waals surface area (Å²) in [6.07, 6.45) is -3.50. The number of rotatable bonds is 1. The average Bonchev–Trinajstić information content (AvgIpc) is 2.87. The van der Waals surface area contributed by atoms with Crippen molar-refractivity contribution in [2.75, 3.05) is 5.73 Å². The van der Waals surface area contributed by atoms with Gasteiger partial charge in [-0.15, -0.1) is 0 Å². The molecule has 1 aromatic rings. The number of amides is 3. The Morgan fingerprint density at radius 1 is 1.50 bits per heavy atom. The van der Waals surface area contributed by atoms with Gasteiger partial charge in [-0.1, -0.05) is 0 Å². The summed E-state index contributed by atoms with van der Waals surface area (Å²) in [5.74, 6) is -4.78.